The van der Waals surface area contributed by atoms with Gasteiger partial charge in [-0.3, -0.25) is 4.79 Å². The van der Waals surface area contributed by atoms with Crippen molar-refractivity contribution in [2.45, 2.75) is 57.1 Å². The van der Waals surface area contributed by atoms with Gasteiger partial charge in [-0.25, -0.2) is 0 Å². The third-order valence-electron chi connectivity index (χ3n) is 4.00. The first-order valence-corrected chi connectivity index (χ1v) is 7.48. The van der Waals surface area contributed by atoms with Gasteiger partial charge in [0.1, 0.15) is 0 Å². The van der Waals surface area contributed by atoms with Crippen LogP contribution in [0.25, 0.3) is 0 Å². The molecule has 2 fully saturated rings. The summed E-state index contributed by atoms with van der Waals surface area (Å²) < 4.78 is 0. The molecular formula is C13H22O2S. The predicted molar refractivity (Wildman–Crippen MR) is 67.8 cm³/mol. The minimum atomic E-state index is -0.616. The van der Waals surface area contributed by atoms with Gasteiger partial charge in [0.15, 0.2) is 0 Å². The van der Waals surface area contributed by atoms with Crippen LogP contribution in [-0.4, -0.2) is 22.1 Å². The van der Waals surface area contributed by atoms with Crippen molar-refractivity contribution in [2.24, 2.45) is 11.3 Å². The van der Waals surface area contributed by atoms with Crippen LogP contribution in [0.4, 0.5) is 0 Å². The Morgan fingerprint density at radius 3 is 2.75 bits per heavy atom. The van der Waals surface area contributed by atoms with E-state index in [0.29, 0.717) is 6.42 Å². The summed E-state index contributed by atoms with van der Waals surface area (Å²) in [6, 6.07) is 0. The molecule has 2 atom stereocenters. The van der Waals surface area contributed by atoms with Gasteiger partial charge in [-0.05, 0) is 42.8 Å². The topological polar surface area (TPSA) is 37.3 Å². The largest absolute Gasteiger partial charge is 0.481 e. The molecule has 0 heterocycles. The lowest BCUT2D eigenvalue weighted by molar-refractivity contribution is -0.138. The molecular weight excluding hydrogens is 220 g/mol. The molecule has 0 bridgehead atoms. The lowest BCUT2D eigenvalue weighted by atomic mass is 9.91. The summed E-state index contributed by atoms with van der Waals surface area (Å²) in [5.41, 5.74) is 0.178. The molecule has 92 valence electrons. The molecule has 2 nitrogen and oxygen atoms in total. The number of hydrogen-bond donors (Lipinski definition) is 1. The van der Waals surface area contributed by atoms with Crippen LogP contribution in [-0.2, 0) is 4.79 Å². The van der Waals surface area contributed by atoms with Crippen LogP contribution < -0.4 is 0 Å². The maximum atomic E-state index is 10.7. The first kappa shape index (κ1) is 12.3. The number of carboxylic acids is 1. The third kappa shape index (κ3) is 3.41. The molecule has 2 saturated carbocycles. The molecule has 0 aromatic carbocycles. The van der Waals surface area contributed by atoms with Crippen molar-refractivity contribution in [1.29, 1.82) is 0 Å². The maximum Gasteiger partial charge on any atom is 0.303 e. The van der Waals surface area contributed by atoms with Crippen molar-refractivity contribution in [3.8, 4) is 0 Å². The predicted octanol–water partition coefficient (Wildman–Crippen LogP) is 3.55. The first-order valence-electron chi connectivity index (χ1n) is 6.43. The van der Waals surface area contributed by atoms with Crippen LogP contribution in [0.1, 0.15) is 51.9 Å². The zero-order valence-corrected chi connectivity index (χ0v) is 10.9. The number of carboxylic acid groups (broad SMARTS) is 1. The van der Waals surface area contributed by atoms with Crippen molar-refractivity contribution in [3.05, 3.63) is 0 Å². The van der Waals surface area contributed by atoms with Gasteiger partial charge in [0.05, 0.1) is 6.42 Å². The zero-order chi connectivity index (χ0) is 11.6. The highest BCUT2D eigenvalue weighted by molar-refractivity contribution is 7.99. The molecule has 0 aromatic rings. The SMILES string of the molecule is CC1CCCC(SCC2(CC(=O)O)CC2)C1. The Morgan fingerprint density at radius 1 is 1.44 bits per heavy atom. The van der Waals surface area contributed by atoms with Crippen molar-refractivity contribution < 1.29 is 9.90 Å². The van der Waals surface area contributed by atoms with Gasteiger partial charge in [-0.2, -0.15) is 11.8 Å². The lowest BCUT2D eigenvalue weighted by Crippen LogP contribution is -2.18. The van der Waals surface area contributed by atoms with Crippen molar-refractivity contribution >= 4 is 17.7 Å². The van der Waals surface area contributed by atoms with Crippen LogP contribution in [0.2, 0.25) is 0 Å². The second-order valence-electron chi connectivity index (χ2n) is 5.78. The second-order valence-corrected chi connectivity index (χ2v) is 7.06. The second kappa shape index (κ2) is 4.99. The van der Waals surface area contributed by atoms with Gasteiger partial charge in [-0.1, -0.05) is 19.8 Å². The van der Waals surface area contributed by atoms with Crippen LogP contribution in [0.15, 0.2) is 0 Å². The molecule has 2 rings (SSSR count). The number of aliphatic carboxylic acids is 1. The van der Waals surface area contributed by atoms with Gasteiger partial charge < -0.3 is 5.11 Å². The van der Waals surface area contributed by atoms with Gasteiger partial charge in [0.25, 0.3) is 0 Å². The molecule has 1 N–H and O–H groups in total. The van der Waals surface area contributed by atoms with E-state index >= 15 is 0 Å². The quantitative estimate of drug-likeness (QED) is 0.801. The van der Waals surface area contributed by atoms with E-state index in [0.717, 1.165) is 29.8 Å². The molecule has 2 aliphatic carbocycles. The monoisotopic (exact) mass is 242 g/mol. The summed E-state index contributed by atoms with van der Waals surface area (Å²) >= 11 is 2.05. The lowest BCUT2D eigenvalue weighted by Gasteiger charge is -2.27. The summed E-state index contributed by atoms with van der Waals surface area (Å²) in [7, 11) is 0. The minimum absolute atomic E-state index is 0.178. The molecule has 0 saturated heterocycles. The standard InChI is InChI=1S/C13H22O2S/c1-10-3-2-4-11(7-10)16-9-13(5-6-13)8-12(14)15/h10-11H,2-9H2,1H3,(H,14,15). The molecule has 0 aromatic heterocycles. The van der Waals surface area contributed by atoms with Gasteiger partial charge >= 0.3 is 5.97 Å². The summed E-state index contributed by atoms with van der Waals surface area (Å²) in [5, 5.41) is 9.66. The van der Waals surface area contributed by atoms with E-state index in [2.05, 4.69) is 6.92 Å². The highest BCUT2D eigenvalue weighted by Gasteiger charge is 2.44. The normalized spacial score (nSPS) is 32.3. The van der Waals surface area contributed by atoms with E-state index in [9.17, 15) is 4.79 Å². The Kier molecular flexibility index (Phi) is 3.83. The van der Waals surface area contributed by atoms with E-state index in [1.54, 1.807) is 0 Å². The van der Waals surface area contributed by atoms with E-state index in [4.69, 9.17) is 5.11 Å². The van der Waals surface area contributed by atoms with Crippen LogP contribution in [0.5, 0.6) is 0 Å². The highest BCUT2D eigenvalue weighted by Crippen LogP contribution is 2.52. The summed E-state index contributed by atoms with van der Waals surface area (Å²) in [6.07, 6.45) is 8.10. The molecule has 2 aliphatic rings. The maximum absolute atomic E-state index is 10.7. The highest BCUT2D eigenvalue weighted by atomic mass is 32.2. The van der Waals surface area contributed by atoms with E-state index in [1.807, 2.05) is 11.8 Å². The molecule has 3 heteroatoms. The molecule has 16 heavy (non-hydrogen) atoms. The van der Waals surface area contributed by atoms with Crippen LogP contribution >= 0.6 is 11.8 Å². The van der Waals surface area contributed by atoms with Crippen molar-refractivity contribution in [1.82, 2.24) is 0 Å². The fraction of sp³-hybridized carbons (Fsp3) is 0.923. The van der Waals surface area contributed by atoms with Crippen molar-refractivity contribution in [3.63, 3.8) is 0 Å². The average molecular weight is 242 g/mol. The fourth-order valence-corrected chi connectivity index (χ4v) is 4.47. The Labute approximate surface area is 102 Å². The summed E-state index contributed by atoms with van der Waals surface area (Å²) in [5.74, 6) is 1.34. The first-order chi connectivity index (χ1) is 7.60. The number of rotatable bonds is 5. The Balaban J connectivity index is 1.72. The Morgan fingerprint density at radius 2 is 2.19 bits per heavy atom. The molecule has 0 aliphatic heterocycles. The molecule has 0 spiro atoms. The van der Waals surface area contributed by atoms with Gasteiger partial charge in [-0.15, -0.1) is 0 Å². The number of carbonyl (C=O) groups is 1. The van der Waals surface area contributed by atoms with Crippen LogP contribution in [0, 0.1) is 11.3 Å². The Bertz CT molecular complexity index is 261. The average Bonchev–Trinajstić information content (AvgIpc) is 2.95. The smallest absolute Gasteiger partial charge is 0.303 e. The van der Waals surface area contributed by atoms with Gasteiger partial charge in [0, 0.05) is 5.25 Å². The van der Waals surface area contributed by atoms with E-state index in [1.165, 1.54) is 25.7 Å². The summed E-state index contributed by atoms with van der Waals surface area (Å²) in [6.45, 7) is 2.34. The zero-order valence-electron chi connectivity index (χ0n) is 10.1. The number of thioether (sulfide) groups is 1. The van der Waals surface area contributed by atoms with Gasteiger partial charge in [0.2, 0.25) is 0 Å². The Hall–Kier alpha value is -0.180. The fourth-order valence-electron chi connectivity index (χ4n) is 2.69. The van der Waals surface area contributed by atoms with Crippen LogP contribution in [0.3, 0.4) is 0 Å². The summed E-state index contributed by atoms with van der Waals surface area (Å²) in [4.78, 5) is 10.7. The molecule has 2 unspecified atom stereocenters. The molecule has 0 radical (unpaired) electrons. The minimum Gasteiger partial charge on any atom is -0.481 e. The number of hydrogen-bond acceptors (Lipinski definition) is 2. The van der Waals surface area contributed by atoms with E-state index < -0.39 is 5.97 Å². The van der Waals surface area contributed by atoms with E-state index in [-0.39, 0.29) is 5.41 Å². The third-order valence-corrected chi connectivity index (χ3v) is 5.68. The molecule has 0 amide bonds. The van der Waals surface area contributed by atoms with Crippen molar-refractivity contribution in [2.75, 3.05) is 5.75 Å².